The highest BCUT2D eigenvalue weighted by atomic mass is 16.3. The average molecular weight is 311 g/mol. The van der Waals surface area contributed by atoms with Crippen molar-refractivity contribution in [3.63, 3.8) is 0 Å². The first-order valence-electron chi connectivity index (χ1n) is 7.26. The third-order valence-corrected chi connectivity index (χ3v) is 3.67. The molecule has 6 heteroatoms. The van der Waals surface area contributed by atoms with E-state index in [9.17, 15) is 9.59 Å². The number of para-hydroxylation sites is 1. The molecule has 0 bridgehead atoms. The molecule has 0 radical (unpaired) electrons. The van der Waals surface area contributed by atoms with Crippen LogP contribution in [0.4, 0.5) is 0 Å². The van der Waals surface area contributed by atoms with Gasteiger partial charge in [-0.2, -0.15) is 0 Å². The van der Waals surface area contributed by atoms with Crippen LogP contribution in [0.1, 0.15) is 27.7 Å². The van der Waals surface area contributed by atoms with Crippen molar-refractivity contribution in [2.24, 2.45) is 0 Å². The van der Waals surface area contributed by atoms with Crippen LogP contribution in [0, 0.1) is 13.8 Å². The summed E-state index contributed by atoms with van der Waals surface area (Å²) in [6.45, 7) is 3.76. The minimum Gasteiger partial charge on any atom is -0.466 e. The Bertz CT molecular complexity index is 940. The molecule has 3 aromatic rings. The maximum absolute atomic E-state index is 12.5. The van der Waals surface area contributed by atoms with Gasteiger partial charge in [0.2, 0.25) is 0 Å². The van der Waals surface area contributed by atoms with Gasteiger partial charge in [0.25, 0.3) is 11.5 Å². The first kappa shape index (κ1) is 15.0. The summed E-state index contributed by atoms with van der Waals surface area (Å²) in [6.07, 6.45) is 0. The predicted octanol–water partition coefficient (Wildman–Crippen LogP) is 2.41. The molecule has 0 spiro atoms. The smallest absolute Gasteiger partial charge is 0.258 e. The topological polar surface area (TPSA) is 79.2 Å². The minimum atomic E-state index is -0.207. The van der Waals surface area contributed by atoms with Gasteiger partial charge in [-0.05, 0) is 32.0 Å². The molecule has 0 fully saturated rings. The van der Waals surface area contributed by atoms with Crippen LogP contribution in [0.25, 0.3) is 10.9 Å². The predicted molar refractivity (Wildman–Crippen MR) is 86.3 cm³/mol. The molecule has 0 aliphatic carbocycles. The van der Waals surface area contributed by atoms with Crippen molar-refractivity contribution in [3.8, 4) is 0 Å². The summed E-state index contributed by atoms with van der Waals surface area (Å²) in [7, 11) is 1.67. The van der Waals surface area contributed by atoms with E-state index in [2.05, 4.69) is 9.97 Å². The van der Waals surface area contributed by atoms with E-state index in [1.54, 1.807) is 45.2 Å². The lowest BCUT2D eigenvalue weighted by Crippen LogP contribution is -2.28. The Labute approximate surface area is 132 Å². The number of carbonyl (C=O) groups excluding carboxylic acids is 1. The maximum atomic E-state index is 12.5. The van der Waals surface area contributed by atoms with Gasteiger partial charge in [0, 0.05) is 7.05 Å². The molecule has 0 unspecified atom stereocenters. The Morgan fingerprint density at radius 3 is 2.74 bits per heavy atom. The molecule has 0 saturated carbocycles. The normalized spacial score (nSPS) is 10.9. The number of hydrogen-bond donors (Lipinski definition) is 1. The fourth-order valence-electron chi connectivity index (χ4n) is 2.55. The van der Waals surface area contributed by atoms with Crippen molar-refractivity contribution in [2.45, 2.75) is 20.4 Å². The summed E-state index contributed by atoms with van der Waals surface area (Å²) in [5.41, 5.74) is 0.928. The number of aryl methyl sites for hydroxylation is 2. The van der Waals surface area contributed by atoms with Crippen LogP contribution in [0.3, 0.4) is 0 Å². The number of nitrogens with zero attached hydrogens (tertiary/aromatic N) is 2. The Morgan fingerprint density at radius 2 is 2.04 bits per heavy atom. The molecule has 1 aromatic carbocycles. The Balaban J connectivity index is 1.88. The summed E-state index contributed by atoms with van der Waals surface area (Å²) in [6, 6.07) is 8.82. The van der Waals surface area contributed by atoms with Gasteiger partial charge in [0.1, 0.15) is 17.3 Å². The van der Waals surface area contributed by atoms with E-state index in [1.165, 1.54) is 4.90 Å². The molecular weight excluding hydrogens is 294 g/mol. The summed E-state index contributed by atoms with van der Waals surface area (Å²) in [5.74, 6) is 1.55. The first-order chi connectivity index (χ1) is 11.0. The maximum Gasteiger partial charge on any atom is 0.258 e. The molecule has 23 heavy (non-hydrogen) atoms. The number of rotatable bonds is 3. The number of fused-ring (bicyclic) bond motifs is 1. The largest absolute Gasteiger partial charge is 0.466 e. The van der Waals surface area contributed by atoms with E-state index in [0.29, 0.717) is 33.8 Å². The molecule has 0 atom stereocenters. The molecule has 2 aromatic heterocycles. The Kier molecular flexibility index (Phi) is 3.73. The SMILES string of the molecule is Cc1cc(C(=O)N(C)Cc2nc3ccccc3c(=O)[nH]2)c(C)o1. The molecular formula is C17H17N3O3. The molecule has 1 N–H and O–H groups in total. The highest BCUT2D eigenvalue weighted by molar-refractivity contribution is 5.95. The third kappa shape index (κ3) is 2.88. The fraction of sp³-hybridized carbons (Fsp3) is 0.235. The molecule has 2 heterocycles. The van der Waals surface area contributed by atoms with Crippen LogP contribution in [0.5, 0.6) is 0 Å². The van der Waals surface area contributed by atoms with Crippen molar-refractivity contribution in [1.29, 1.82) is 0 Å². The number of H-pyrrole nitrogens is 1. The summed E-state index contributed by atoms with van der Waals surface area (Å²) >= 11 is 0. The number of amides is 1. The lowest BCUT2D eigenvalue weighted by Gasteiger charge is -2.16. The van der Waals surface area contributed by atoms with Crippen LogP contribution in [0.2, 0.25) is 0 Å². The van der Waals surface area contributed by atoms with E-state index in [1.807, 2.05) is 6.07 Å². The number of benzene rings is 1. The monoisotopic (exact) mass is 311 g/mol. The van der Waals surface area contributed by atoms with E-state index in [-0.39, 0.29) is 18.0 Å². The minimum absolute atomic E-state index is 0.171. The molecule has 6 nitrogen and oxygen atoms in total. The lowest BCUT2D eigenvalue weighted by atomic mass is 10.2. The number of aromatic nitrogens is 2. The van der Waals surface area contributed by atoms with Crippen LogP contribution in [0.15, 0.2) is 39.5 Å². The van der Waals surface area contributed by atoms with Gasteiger partial charge in [-0.15, -0.1) is 0 Å². The van der Waals surface area contributed by atoms with Crippen molar-refractivity contribution in [2.75, 3.05) is 7.05 Å². The van der Waals surface area contributed by atoms with Gasteiger partial charge in [0.15, 0.2) is 0 Å². The second kappa shape index (κ2) is 5.72. The van der Waals surface area contributed by atoms with Gasteiger partial charge >= 0.3 is 0 Å². The summed E-state index contributed by atoms with van der Waals surface area (Å²) in [4.78, 5) is 33.2. The summed E-state index contributed by atoms with van der Waals surface area (Å²) < 4.78 is 5.39. The second-order valence-electron chi connectivity index (χ2n) is 5.52. The lowest BCUT2D eigenvalue weighted by molar-refractivity contribution is 0.0780. The number of hydrogen-bond acceptors (Lipinski definition) is 4. The van der Waals surface area contributed by atoms with Crippen molar-refractivity contribution in [1.82, 2.24) is 14.9 Å². The average Bonchev–Trinajstić information content (AvgIpc) is 2.85. The van der Waals surface area contributed by atoms with E-state index >= 15 is 0 Å². The van der Waals surface area contributed by atoms with Gasteiger partial charge < -0.3 is 14.3 Å². The molecule has 1 amide bonds. The molecule has 0 aliphatic heterocycles. The Morgan fingerprint density at radius 1 is 1.30 bits per heavy atom. The number of furan rings is 1. The van der Waals surface area contributed by atoms with E-state index < -0.39 is 0 Å². The molecule has 0 saturated heterocycles. The molecule has 0 aliphatic rings. The molecule has 3 rings (SSSR count). The fourth-order valence-corrected chi connectivity index (χ4v) is 2.55. The van der Waals surface area contributed by atoms with Crippen LogP contribution in [-0.2, 0) is 6.54 Å². The highest BCUT2D eigenvalue weighted by Gasteiger charge is 2.18. The van der Waals surface area contributed by atoms with Crippen molar-refractivity contribution in [3.05, 3.63) is 63.6 Å². The third-order valence-electron chi connectivity index (χ3n) is 3.67. The van der Waals surface area contributed by atoms with E-state index in [4.69, 9.17) is 4.42 Å². The van der Waals surface area contributed by atoms with Gasteiger partial charge in [-0.1, -0.05) is 12.1 Å². The summed E-state index contributed by atoms with van der Waals surface area (Å²) in [5, 5.41) is 0.534. The zero-order valence-electron chi connectivity index (χ0n) is 13.2. The number of carbonyl (C=O) groups is 1. The number of nitrogens with one attached hydrogen (secondary N) is 1. The van der Waals surface area contributed by atoms with Crippen LogP contribution < -0.4 is 5.56 Å². The van der Waals surface area contributed by atoms with Crippen molar-refractivity contribution < 1.29 is 9.21 Å². The zero-order valence-corrected chi connectivity index (χ0v) is 13.2. The Hall–Kier alpha value is -2.89. The molecule has 118 valence electrons. The number of aromatic amines is 1. The van der Waals surface area contributed by atoms with Gasteiger partial charge in [-0.25, -0.2) is 4.98 Å². The van der Waals surface area contributed by atoms with Crippen molar-refractivity contribution >= 4 is 16.8 Å². The first-order valence-corrected chi connectivity index (χ1v) is 7.26. The highest BCUT2D eigenvalue weighted by Crippen LogP contribution is 2.16. The van der Waals surface area contributed by atoms with Crippen LogP contribution in [-0.4, -0.2) is 27.8 Å². The second-order valence-corrected chi connectivity index (χ2v) is 5.52. The standard InChI is InChI=1S/C17H17N3O3/c1-10-8-13(11(2)23-10)17(22)20(3)9-15-18-14-7-5-4-6-12(14)16(21)19-15/h4-8H,9H2,1-3H3,(H,18,19,21). The van der Waals surface area contributed by atoms with Gasteiger partial charge in [0.05, 0.1) is 23.0 Å². The van der Waals surface area contributed by atoms with Gasteiger partial charge in [-0.3, -0.25) is 9.59 Å². The van der Waals surface area contributed by atoms with Crippen LogP contribution >= 0.6 is 0 Å². The van der Waals surface area contributed by atoms with E-state index in [0.717, 1.165) is 0 Å². The zero-order chi connectivity index (χ0) is 16.6. The quantitative estimate of drug-likeness (QED) is 0.805.